The van der Waals surface area contributed by atoms with Crippen molar-refractivity contribution < 1.29 is 14.2 Å². The molecule has 0 spiro atoms. The van der Waals surface area contributed by atoms with Crippen LogP contribution in [0.2, 0.25) is 0 Å². The SMILES string of the molecule is CCN1CCN(C(c2cc(OC)c(OC)c(OC)c2)c2nnnn2C(C)C)CC1.Cl. The van der Waals surface area contributed by atoms with Gasteiger partial charge in [0.25, 0.3) is 0 Å². The molecule has 1 aliphatic heterocycles. The number of nitrogens with zero attached hydrogens (tertiary/aromatic N) is 6. The second kappa shape index (κ2) is 10.8. The van der Waals surface area contributed by atoms with E-state index in [1.54, 1.807) is 21.3 Å². The van der Waals surface area contributed by atoms with Crippen molar-refractivity contribution in [1.29, 1.82) is 0 Å². The van der Waals surface area contributed by atoms with E-state index in [-0.39, 0.29) is 24.5 Å². The zero-order chi connectivity index (χ0) is 21.0. The predicted octanol–water partition coefficient (Wildman–Crippen LogP) is 2.43. The summed E-state index contributed by atoms with van der Waals surface area (Å²) in [5.41, 5.74) is 1.01. The molecular weight excluding hydrogens is 408 g/mol. The van der Waals surface area contributed by atoms with Crippen molar-refractivity contribution in [2.24, 2.45) is 0 Å². The fraction of sp³-hybridized carbons (Fsp3) is 0.650. The van der Waals surface area contributed by atoms with E-state index in [1.165, 1.54) is 0 Å². The Labute approximate surface area is 184 Å². The quantitative estimate of drug-likeness (QED) is 0.619. The van der Waals surface area contributed by atoms with Gasteiger partial charge in [-0.25, -0.2) is 4.68 Å². The van der Waals surface area contributed by atoms with Gasteiger partial charge in [0.15, 0.2) is 17.3 Å². The molecule has 1 aromatic carbocycles. The van der Waals surface area contributed by atoms with Crippen LogP contribution in [-0.2, 0) is 0 Å². The van der Waals surface area contributed by atoms with Crippen molar-refractivity contribution >= 4 is 12.4 Å². The summed E-state index contributed by atoms with van der Waals surface area (Å²) in [6.07, 6.45) is 0. The minimum Gasteiger partial charge on any atom is -0.493 e. The molecule has 2 aromatic rings. The molecule has 0 aliphatic carbocycles. The molecule has 9 nitrogen and oxygen atoms in total. The number of ether oxygens (including phenoxy) is 3. The van der Waals surface area contributed by atoms with E-state index in [0.29, 0.717) is 17.2 Å². The third-order valence-corrected chi connectivity index (χ3v) is 5.47. The average Bonchev–Trinajstić information content (AvgIpc) is 3.23. The molecule has 0 bridgehead atoms. The predicted molar refractivity (Wildman–Crippen MR) is 117 cm³/mol. The maximum absolute atomic E-state index is 5.60. The summed E-state index contributed by atoms with van der Waals surface area (Å²) in [4.78, 5) is 4.88. The lowest BCUT2D eigenvalue weighted by Crippen LogP contribution is -2.48. The van der Waals surface area contributed by atoms with Crippen LogP contribution in [0.1, 0.15) is 44.2 Å². The van der Waals surface area contributed by atoms with Crippen LogP contribution in [0.15, 0.2) is 12.1 Å². The summed E-state index contributed by atoms with van der Waals surface area (Å²) < 4.78 is 18.6. The number of benzene rings is 1. The van der Waals surface area contributed by atoms with Crippen LogP contribution in [0.4, 0.5) is 0 Å². The number of hydrogen-bond acceptors (Lipinski definition) is 8. The molecule has 1 aliphatic rings. The van der Waals surface area contributed by atoms with Gasteiger partial charge < -0.3 is 19.1 Å². The van der Waals surface area contributed by atoms with Crippen LogP contribution in [0.25, 0.3) is 0 Å². The lowest BCUT2D eigenvalue weighted by Gasteiger charge is -2.38. The lowest BCUT2D eigenvalue weighted by molar-refractivity contribution is 0.107. The molecule has 1 atom stereocenters. The number of halogens is 1. The Morgan fingerprint density at radius 2 is 1.57 bits per heavy atom. The third kappa shape index (κ3) is 4.79. The fourth-order valence-corrected chi connectivity index (χ4v) is 3.87. The number of rotatable bonds is 8. The number of piperazine rings is 1. The van der Waals surface area contributed by atoms with Gasteiger partial charge in [-0.2, -0.15) is 0 Å². The summed E-state index contributed by atoms with van der Waals surface area (Å²) in [6.45, 7) is 11.3. The molecule has 3 rings (SSSR count). The standard InChI is InChI=1S/C20H32N6O3.ClH/c1-7-24-8-10-25(11-9-24)18(20-21-22-23-26(20)14(2)3)15-12-16(27-4)19(29-6)17(13-15)28-5;/h12-14,18H,7-11H2,1-6H3;1H. The molecule has 0 saturated carbocycles. The number of methoxy groups -OCH3 is 3. The molecule has 10 heteroatoms. The minimum atomic E-state index is -0.111. The van der Waals surface area contributed by atoms with Crippen molar-refractivity contribution in [2.45, 2.75) is 32.9 Å². The van der Waals surface area contributed by atoms with Gasteiger partial charge >= 0.3 is 0 Å². The Balaban J connectivity index is 0.00000320. The van der Waals surface area contributed by atoms with Gasteiger partial charge in [0, 0.05) is 26.2 Å². The number of aromatic nitrogens is 4. The van der Waals surface area contributed by atoms with Gasteiger partial charge in [-0.1, -0.05) is 6.92 Å². The minimum absolute atomic E-state index is 0. The van der Waals surface area contributed by atoms with Gasteiger partial charge in [-0.05, 0) is 48.5 Å². The molecule has 0 radical (unpaired) electrons. The fourth-order valence-electron chi connectivity index (χ4n) is 3.87. The summed E-state index contributed by atoms with van der Waals surface area (Å²) in [5.74, 6) is 2.65. The molecule has 1 fully saturated rings. The van der Waals surface area contributed by atoms with E-state index in [1.807, 2.05) is 16.8 Å². The van der Waals surface area contributed by atoms with Crippen LogP contribution in [0, 0.1) is 0 Å². The Morgan fingerprint density at radius 3 is 2.03 bits per heavy atom. The number of hydrogen-bond donors (Lipinski definition) is 0. The summed E-state index contributed by atoms with van der Waals surface area (Å²) >= 11 is 0. The van der Waals surface area contributed by atoms with Crippen LogP contribution in [0.5, 0.6) is 17.2 Å². The van der Waals surface area contributed by atoms with E-state index in [0.717, 1.165) is 44.1 Å². The molecule has 0 N–H and O–H groups in total. The van der Waals surface area contributed by atoms with Crippen molar-refractivity contribution in [3.8, 4) is 17.2 Å². The average molecular weight is 441 g/mol. The first-order valence-corrected chi connectivity index (χ1v) is 10.1. The monoisotopic (exact) mass is 440 g/mol. The summed E-state index contributed by atoms with van der Waals surface area (Å²) in [7, 11) is 4.88. The van der Waals surface area contributed by atoms with Crippen molar-refractivity contribution in [2.75, 3.05) is 54.1 Å². The third-order valence-electron chi connectivity index (χ3n) is 5.47. The highest BCUT2D eigenvalue weighted by molar-refractivity contribution is 5.85. The highest BCUT2D eigenvalue weighted by Crippen LogP contribution is 2.42. The first kappa shape index (κ1) is 24.2. The number of tetrazole rings is 1. The van der Waals surface area contributed by atoms with E-state index < -0.39 is 0 Å². The molecular formula is C20H33ClN6O3. The Bertz CT molecular complexity index is 783. The van der Waals surface area contributed by atoms with Crippen molar-refractivity contribution in [1.82, 2.24) is 30.0 Å². The Kier molecular flexibility index (Phi) is 8.69. The van der Waals surface area contributed by atoms with Crippen LogP contribution < -0.4 is 14.2 Å². The maximum atomic E-state index is 5.60. The lowest BCUT2D eigenvalue weighted by atomic mass is 10.0. The molecule has 1 unspecified atom stereocenters. The van der Waals surface area contributed by atoms with Crippen LogP contribution in [-0.4, -0.2) is 84.1 Å². The van der Waals surface area contributed by atoms with E-state index in [4.69, 9.17) is 14.2 Å². The first-order valence-electron chi connectivity index (χ1n) is 10.1. The highest BCUT2D eigenvalue weighted by Gasteiger charge is 2.32. The smallest absolute Gasteiger partial charge is 0.203 e. The largest absolute Gasteiger partial charge is 0.493 e. The molecule has 30 heavy (non-hydrogen) atoms. The van der Waals surface area contributed by atoms with E-state index in [2.05, 4.69) is 46.1 Å². The van der Waals surface area contributed by atoms with E-state index >= 15 is 0 Å². The van der Waals surface area contributed by atoms with Crippen LogP contribution >= 0.6 is 12.4 Å². The normalized spacial score (nSPS) is 16.2. The van der Waals surface area contributed by atoms with Crippen molar-refractivity contribution in [3.63, 3.8) is 0 Å². The topological polar surface area (TPSA) is 77.8 Å². The zero-order valence-electron chi connectivity index (χ0n) is 18.7. The van der Waals surface area contributed by atoms with Crippen LogP contribution in [0.3, 0.4) is 0 Å². The van der Waals surface area contributed by atoms with Gasteiger partial charge in [0.05, 0.1) is 33.4 Å². The summed E-state index contributed by atoms with van der Waals surface area (Å²) in [6, 6.07) is 4.04. The maximum Gasteiger partial charge on any atom is 0.203 e. The second-order valence-corrected chi connectivity index (χ2v) is 7.41. The Hall–Kier alpha value is -2.10. The van der Waals surface area contributed by atoms with Crippen molar-refractivity contribution in [3.05, 3.63) is 23.5 Å². The van der Waals surface area contributed by atoms with Gasteiger partial charge in [0.2, 0.25) is 5.75 Å². The molecule has 1 aromatic heterocycles. The van der Waals surface area contributed by atoms with Gasteiger partial charge in [-0.15, -0.1) is 17.5 Å². The molecule has 1 saturated heterocycles. The first-order chi connectivity index (χ1) is 14.0. The number of likely N-dealkylation sites (N-methyl/N-ethyl adjacent to an activating group) is 1. The molecule has 2 heterocycles. The Morgan fingerprint density at radius 1 is 0.967 bits per heavy atom. The van der Waals surface area contributed by atoms with Gasteiger partial charge in [-0.3, -0.25) is 4.90 Å². The zero-order valence-corrected chi connectivity index (χ0v) is 19.5. The molecule has 168 valence electrons. The highest BCUT2D eigenvalue weighted by atomic mass is 35.5. The molecule has 0 amide bonds. The van der Waals surface area contributed by atoms with E-state index in [9.17, 15) is 0 Å². The second-order valence-electron chi connectivity index (χ2n) is 7.41. The van der Waals surface area contributed by atoms with Gasteiger partial charge in [0.1, 0.15) is 0 Å². The summed E-state index contributed by atoms with van der Waals surface area (Å²) in [5, 5.41) is 12.6.